The Morgan fingerprint density at radius 1 is 0.625 bits per heavy atom. The molecule has 0 unspecified atom stereocenters. The standard InChI is InChI=1S/C23H40O/c1-3-5-7-8-9-10-11-12-13-14-15-16-21-18-19-23(24)22(20-21)17-6-4-2/h18-20,24H,3-17H2,1-2H3. The average Bonchev–Trinajstić information content (AvgIpc) is 2.59. The Morgan fingerprint density at radius 2 is 1.17 bits per heavy atom. The Bertz CT molecular complexity index is 410. The van der Waals surface area contributed by atoms with Crippen LogP contribution < -0.4 is 0 Å². The highest BCUT2D eigenvalue weighted by molar-refractivity contribution is 5.36. The molecule has 1 nitrogen and oxygen atoms in total. The van der Waals surface area contributed by atoms with Crippen molar-refractivity contribution in [1.29, 1.82) is 0 Å². The highest BCUT2D eigenvalue weighted by Gasteiger charge is 2.03. The van der Waals surface area contributed by atoms with E-state index in [0.717, 1.165) is 24.8 Å². The minimum Gasteiger partial charge on any atom is -0.508 e. The predicted molar refractivity (Wildman–Crippen MR) is 107 cm³/mol. The lowest BCUT2D eigenvalue weighted by atomic mass is 10.00. The molecule has 0 bridgehead atoms. The van der Waals surface area contributed by atoms with Crippen LogP contribution in [0.4, 0.5) is 0 Å². The molecule has 0 aliphatic carbocycles. The maximum atomic E-state index is 9.92. The third-order valence-corrected chi connectivity index (χ3v) is 5.01. The van der Waals surface area contributed by atoms with Gasteiger partial charge in [0, 0.05) is 0 Å². The molecule has 0 heterocycles. The molecule has 1 aromatic rings. The van der Waals surface area contributed by atoms with Gasteiger partial charge in [0.2, 0.25) is 0 Å². The molecular weight excluding hydrogens is 292 g/mol. The van der Waals surface area contributed by atoms with Gasteiger partial charge in [-0.1, -0.05) is 96.6 Å². The fraction of sp³-hybridized carbons (Fsp3) is 0.739. The Morgan fingerprint density at radius 3 is 1.75 bits per heavy atom. The zero-order valence-electron chi connectivity index (χ0n) is 16.3. The first-order chi connectivity index (χ1) is 11.8. The first-order valence-corrected chi connectivity index (χ1v) is 10.6. The van der Waals surface area contributed by atoms with Crippen molar-refractivity contribution >= 4 is 0 Å². The maximum Gasteiger partial charge on any atom is 0.118 e. The number of aryl methyl sites for hydroxylation is 2. The Labute approximate surface area is 150 Å². The van der Waals surface area contributed by atoms with Crippen molar-refractivity contribution in [3.8, 4) is 5.75 Å². The Kier molecular flexibility index (Phi) is 12.6. The summed E-state index contributed by atoms with van der Waals surface area (Å²) in [6.45, 7) is 4.48. The molecule has 1 heteroatoms. The van der Waals surface area contributed by atoms with Gasteiger partial charge in [-0.15, -0.1) is 0 Å². The number of phenols is 1. The summed E-state index contributed by atoms with van der Waals surface area (Å²) in [4.78, 5) is 0. The molecule has 138 valence electrons. The highest BCUT2D eigenvalue weighted by atomic mass is 16.3. The summed E-state index contributed by atoms with van der Waals surface area (Å²) in [6, 6.07) is 6.21. The molecule has 0 aliphatic heterocycles. The molecule has 0 spiro atoms. The molecule has 0 amide bonds. The summed E-state index contributed by atoms with van der Waals surface area (Å²) in [5.41, 5.74) is 2.53. The lowest BCUT2D eigenvalue weighted by Crippen LogP contribution is -1.91. The first-order valence-electron chi connectivity index (χ1n) is 10.6. The fourth-order valence-electron chi connectivity index (χ4n) is 3.36. The quantitative estimate of drug-likeness (QED) is 0.328. The van der Waals surface area contributed by atoms with Crippen LogP contribution >= 0.6 is 0 Å². The molecule has 0 saturated heterocycles. The lowest BCUT2D eigenvalue weighted by molar-refractivity contribution is 0.466. The van der Waals surface area contributed by atoms with Crippen LogP contribution in [0.25, 0.3) is 0 Å². The van der Waals surface area contributed by atoms with E-state index in [0.29, 0.717) is 5.75 Å². The van der Waals surface area contributed by atoms with Crippen LogP contribution in [0.1, 0.15) is 108 Å². The van der Waals surface area contributed by atoms with Gasteiger partial charge in [0.05, 0.1) is 0 Å². The topological polar surface area (TPSA) is 20.2 Å². The van der Waals surface area contributed by atoms with Crippen LogP contribution in [0.2, 0.25) is 0 Å². The predicted octanol–water partition coefficient (Wildman–Crippen LogP) is 7.59. The molecule has 1 rings (SSSR count). The smallest absolute Gasteiger partial charge is 0.118 e. The molecule has 0 aromatic heterocycles. The fourth-order valence-corrected chi connectivity index (χ4v) is 3.36. The Balaban J connectivity index is 2.04. The van der Waals surface area contributed by atoms with Crippen molar-refractivity contribution in [2.45, 2.75) is 110 Å². The summed E-state index contributed by atoms with van der Waals surface area (Å²) < 4.78 is 0. The van der Waals surface area contributed by atoms with Gasteiger partial charge in [-0.2, -0.15) is 0 Å². The highest BCUT2D eigenvalue weighted by Crippen LogP contribution is 2.22. The first kappa shape index (κ1) is 21.1. The van der Waals surface area contributed by atoms with Crippen molar-refractivity contribution in [2.24, 2.45) is 0 Å². The van der Waals surface area contributed by atoms with E-state index in [1.54, 1.807) is 0 Å². The van der Waals surface area contributed by atoms with Crippen LogP contribution in [-0.2, 0) is 12.8 Å². The molecule has 0 atom stereocenters. The van der Waals surface area contributed by atoms with Gasteiger partial charge in [0.1, 0.15) is 5.75 Å². The van der Waals surface area contributed by atoms with E-state index in [4.69, 9.17) is 0 Å². The molecule has 0 radical (unpaired) electrons. The third-order valence-electron chi connectivity index (χ3n) is 5.01. The molecular formula is C23H40O. The van der Waals surface area contributed by atoms with Gasteiger partial charge < -0.3 is 5.11 Å². The van der Waals surface area contributed by atoms with Crippen molar-refractivity contribution in [3.05, 3.63) is 29.3 Å². The van der Waals surface area contributed by atoms with Gasteiger partial charge >= 0.3 is 0 Å². The zero-order valence-corrected chi connectivity index (χ0v) is 16.3. The van der Waals surface area contributed by atoms with Crippen LogP contribution in [0.3, 0.4) is 0 Å². The van der Waals surface area contributed by atoms with Crippen LogP contribution in [0.5, 0.6) is 5.75 Å². The molecule has 24 heavy (non-hydrogen) atoms. The molecule has 0 saturated carbocycles. The van der Waals surface area contributed by atoms with E-state index in [9.17, 15) is 5.11 Å². The van der Waals surface area contributed by atoms with Crippen LogP contribution in [0.15, 0.2) is 18.2 Å². The summed E-state index contributed by atoms with van der Waals surface area (Å²) in [7, 11) is 0. The largest absolute Gasteiger partial charge is 0.508 e. The van der Waals surface area contributed by atoms with Crippen molar-refractivity contribution in [3.63, 3.8) is 0 Å². The van der Waals surface area contributed by atoms with Crippen molar-refractivity contribution in [1.82, 2.24) is 0 Å². The van der Waals surface area contributed by atoms with Crippen LogP contribution in [-0.4, -0.2) is 5.11 Å². The normalized spacial score (nSPS) is 11.1. The lowest BCUT2D eigenvalue weighted by Gasteiger charge is -2.08. The maximum absolute atomic E-state index is 9.92. The van der Waals surface area contributed by atoms with Crippen molar-refractivity contribution in [2.75, 3.05) is 0 Å². The summed E-state index contributed by atoms with van der Waals surface area (Å²) in [5, 5.41) is 9.92. The number of phenolic OH excluding ortho intramolecular Hbond substituents is 1. The number of hydrogen-bond donors (Lipinski definition) is 1. The van der Waals surface area contributed by atoms with E-state index < -0.39 is 0 Å². The molecule has 0 fully saturated rings. The minimum absolute atomic E-state index is 0.478. The number of unbranched alkanes of at least 4 members (excludes halogenated alkanes) is 11. The van der Waals surface area contributed by atoms with Gasteiger partial charge in [0.15, 0.2) is 0 Å². The van der Waals surface area contributed by atoms with Crippen LogP contribution in [0, 0.1) is 0 Å². The monoisotopic (exact) mass is 332 g/mol. The summed E-state index contributed by atoms with van der Waals surface area (Å²) >= 11 is 0. The van der Waals surface area contributed by atoms with Gasteiger partial charge in [-0.3, -0.25) is 0 Å². The van der Waals surface area contributed by atoms with Crippen molar-refractivity contribution < 1.29 is 5.11 Å². The van der Waals surface area contributed by atoms with E-state index in [1.165, 1.54) is 82.6 Å². The van der Waals surface area contributed by atoms with Gasteiger partial charge in [-0.05, 0) is 42.9 Å². The van der Waals surface area contributed by atoms with E-state index in [1.807, 2.05) is 6.07 Å². The number of hydrogen-bond acceptors (Lipinski definition) is 1. The SMILES string of the molecule is CCCCCCCCCCCCCc1ccc(O)c(CCCC)c1. The van der Waals surface area contributed by atoms with E-state index in [2.05, 4.69) is 26.0 Å². The second-order valence-electron chi connectivity index (χ2n) is 7.35. The number of rotatable bonds is 15. The minimum atomic E-state index is 0.478. The van der Waals surface area contributed by atoms with Gasteiger partial charge in [-0.25, -0.2) is 0 Å². The molecule has 0 aliphatic rings. The molecule has 1 aromatic carbocycles. The second-order valence-corrected chi connectivity index (χ2v) is 7.35. The zero-order chi connectivity index (χ0) is 17.5. The summed E-state index contributed by atoms with van der Waals surface area (Å²) in [5.74, 6) is 0.478. The Hall–Kier alpha value is -0.980. The van der Waals surface area contributed by atoms with Gasteiger partial charge in [0.25, 0.3) is 0 Å². The third kappa shape index (κ3) is 10.0. The average molecular weight is 333 g/mol. The van der Waals surface area contributed by atoms with E-state index in [-0.39, 0.29) is 0 Å². The molecule has 1 N–H and O–H groups in total. The number of aromatic hydroxyl groups is 1. The summed E-state index contributed by atoms with van der Waals surface area (Å²) in [6.07, 6.45) is 19.9. The number of benzene rings is 1. The second kappa shape index (κ2) is 14.4. The van der Waals surface area contributed by atoms with E-state index >= 15 is 0 Å².